The first-order chi connectivity index (χ1) is 8.20. The Hall–Kier alpha value is -0.830. The summed E-state index contributed by atoms with van der Waals surface area (Å²) in [4.78, 5) is 14.2. The first-order valence-corrected chi connectivity index (χ1v) is 7.25. The van der Waals surface area contributed by atoms with Gasteiger partial charge in [-0.25, -0.2) is 0 Å². The first-order valence-electron chi connectivity index (χ1n) is 6.12. The van der Waals surface area contributed by atoms with Crippen LogP contribution in [0.1, 0.15) is 28.8 Å². The third kappa shape index (κ3) is 3.09. The van der Waals surface area contributed by atoms with Crippen molar-refractivity contribution >= 4 is 21.8 Å². The second kappa shape index (κ2) is 5.67. The lowest BCUT2D eigenvalue weighted by Gasteiger charge is -2.31. The summed E-state index contributed by atoms with van der Waals surface area (Å²) >= 11 is 3.52. The van der Waals surface area contributed by atoms with Crippen molar-refractivity contribution in [3.05, 3.63) is 35.4 Å². The van der Waals surface area contributed by atoms with E-state index in [9.17, 15) is 4.79 Å². The van der Waals surface area contributed by atoms with Crippen LogP contribution in [-0.4, -0.2) is 29.2 Å². The van der Waals surface area contributed by atoms with Crippen molar-refractivity contribution in [2.45, 2.75) is 19.8 Å². The monoisotopic (exact) mass is 295 g/mol. The quantitative estimate of drug-likeness (QED) is 0.767. The number of carbonyl (C=O) groups excluding carboxylic acids is 1. The van der Waals surface area contributed by atoms with Crippen LogP contribution in [0.5, 0.6) is 0 Å². The van der Waals surface area contributed by atoms with Crippen molar-refractivity contribution in [1.82, 2.24) is 4.90 Å². The van der Waals surface area contributed by atoms with Gasteiger partial charge in [-0.1, -0.05) is 33.6 Å². The van der Waals surface area contributed by atoms with Gasteiger partial charge in [0.15, 0.2) is 0 Å². The zero-order valence-corrected chi connectivity index (χ0v) is 11.7. The van der Waals surface area contributed by atoms with Gasteiger partial charge in [0, 0.05) is 24.0 Å². The van der Waals surface area contributed by atoms with Gasteiger partial charge in [0.05, 0.1) is 0 Å². The van der Waals surface area contributed by atoms with E-state index >= 15 is 0 Å². The number of aryl methyl sites for hydroxylation is 1. The van der Waals surface area contributed by atoms with Crippen LogP contribution in [0.3, 0.4) is 0 Å². The molecule has 0 radical (unpaired) electrons. The van der Waals surface area contributed by atoms with E-state index in [1.165, 1.54) is 5.56 Å². The molecule has 0 aromatic heterocycles. The summed E-state index contributed by atoms with van der Waals surface area (Å²) in [6.45, 7) is 3.82. The van der Waals surface area contributed by atoms with Crippen molar-refractivity contribution in [2.24, 2.45) is 5.92 Å². The average molecular weight is 296 g/mol. The molecule has 1 aliphatic heterocycles. The highest BCUT2D eigenvalue weighted by Crippen LogP contribution is 2.20. The van der Waals surface area contributed by atoms with Crippen LogP contribution in [-0.2, 0) is 0 Å². The van der Waals surface area contributed by atoms with Gasteiger partial charge in [-0.15, -0.1) is 0 Å². The van der Waals surface area contributed by atoms with Gasteiger partial charge in [0.25, 0.3) is 5.91 Å². The summed E-state index contributed by atoms with van der Waals surface area (Å²) in [6, 6.07) is 7.85. The number of nitrogens with zero attached hydrogens (tertiary/aromatic N) is 1. The number of hydrogen-bond donors (Lipinski definition) is 0. The van der Waals surface area contributed by atoms with Crippen LogP contribution in [0, 0.1) is 12.8 Å². The predicted octanol–water partition coefficient (Wildman–Crippen LogP) is 3.24. The third-order valence-electron chi connectivity index (χ3n) is 3.42. The number of amides is 1. The fourth-order valence-electron chi connectivity index (χ4n) is 2.17. The lowest BCUT2D eigenvalue weighted by molar-refractivity contribution is 0.0699. The van der Waals surface area contributed by atoms with Crippen LogP contribution in [0.4, 0.5) is 0 Å². The molecule has 92 valence electrons. The van der Waals surface area contributed by atoms with Crippen LogP contribution < -0.4 is 0 Å². The highest BCUT2D eigenvalue weighted by atomic mass is 79.9. The van der Waals surface area contributed by atoms with E-state index in [4.69, 9.17) is 0 Å². The van der Waals surface area contributed by atoms with Gasteiger partial charge in [-0.2, -0.15) is 0 Å². The van der Waals surface area contributed by atoms with E-state index in [0.29, 0.717) is 0 Å². The minimum Gasteiger partial charge on any atom is -0.339 e. The molecule has 0 saturated carbocycles. The zero-order valence-electron chi connectivity index (χ0n) is 10.2. The summed E-state index contributed by atoms with van der Waals surface area (Å²) in [7, 11) is 0. The van der Waals surface area contributed by atoms with Gasteiger partial charge in [0.2, 0.25) is 0 Å². The Bertz CT molecular complexity index is 380. The maximum absolute atomic E-state index is 12.2. The van der Waals surface area contributed by atoms with Gasteiger partial charge in [0.1, 0.15) is 0 Å². The molecular weight excluding hydrogens is 278 g/mol. The van der Waals surface area contributed by atoms with Crippen molar-refractivity contribution in [1.29, 1.82) is 0 Å². The van der Waals surface area contributed by atoms with Crippen molar-refractivity contribution in [3.8, 4) is 0 Å². The second-order valence-electron chi connectivity index (χ2n) is 4.76. The van der Waals surface area contributed by atoms with E-state index < -0.39 is 0 Å². The van der Waals surface area contributed by atoms with Crippen LogP contribution in [0.15, 0.2) is 24.3 Å². The average Bonchev–Trinajstić information content (AvgIpc) is 2.39. The Labute approximate surface area is 111 Å². The maximum atomic E-state index is 12.2. The third-order valence-corrected chi connectivity index (χ3v) is 4.33. The van der Waals surface area contributed by atoms with Crippen molar-refractivity contribution in [2.75, 3.05) is 18.4 Å². The Balaban J connectivity index is 1.99. The molecule has 0 unspecified atom stereocenters. The van der Waals surface area contributed by atoms with Crippen LogP contribution in [0.25, 0.3) is 0 Å². The van der Waals surface area contributed by atoms with Gasteiger partial charge < -0.3 is 4.90 Å². The fraction of sp³-hybridized carbons (Fsp3) is 0.500. The molecule has 1 aromatic rings. The summed E-state index contributed by atoms with van der Waals surface area (Å²) in [5.41, 5.74) is 2.01. The number of piperidine rings is 1. The number of benzene rings is 1. The van der Waals surface area contributed by atoms with Gasteiger partial charge in [-0.05, 0) is 37.8 Å². The highest BCUT2D eigenvalue weighted by Gasteiger charge is 2.22. The minimum atomic E-state index is 0.179. The standard InChI is InChI=1S/C14H18BrNO/c1-11-2-4-13(5-3-11)14(17)16-8-6-12(10-15)7-9-16/h2-5,12H,6-10H2,1H3. The summed E-state index contributed by atoms with van der Waals surface area (Å²) in [6.07, 6.45) is 2.23. The Morgan fingerprint density at radius 3 is 2.41 bits per heavy atom. The number of rotatable bonds is 2. The van der Waals surface area contributed by atoms with E-state index in [2.05, 4.69) is 15.9 Å². The number of alkyl halides is 1. The molecule has 2 rings (SSSR count). The Morgan fingerprint density at radius 2 is 1.88 bits per heavy atom. The van der Waals surface area contributed by atoms with Gasteiger partial charge >= 0.3 is 0 Å². The van der Waals surface area contributed by atoms with E-state index in [0.717, 1.165) is 42.7 Å². The smallest absolute Gasteiger partial charge is 0.253 e. The van der Waals surface area contributed by atoms with Crippen molar-refractivity contribution < 1.29 is 4.79 Å². The summed E-state index contributed by atoms with van der Waals surface area (Å²) in [5, 5.41) is 1.06. The maximum Gasteiger partial charge on any atom is 0.253 e. The molecule has 1 heterocycles. The Kier molecular flexibility index (Phi) is 4.21. The number of hydrogen-bond acceptors (Lipinski definition) is 1. The molecule has 0 aliphatic carbocycles. The summed E-state index contributed by atoms with van der Waals surface area (Å²) in [5.74, 6) is 0.912. The molecule has 0 atom stereocenters. The molecule has 3 heteroatoms. The largest absolute Gasteiger partial charge is 0.339 e. The molecule has 0 bridgehead atoms. The van der Waals surface area contributed by atoms with Crippen LogP contribution >= 0.6 is 15.9 Å². The minimum absolute atomic E-state index is 0.179. The summed E-state index contributed by atoms with van der Waals surface area (Å²) < 4.78 is 0. The molecular formula is C14H18BrNO. The number of likely N-dealkylation sites (tertiary alicyclic amines) is 1. The molecule has 2 nitrogen and oxygen atoms in total. The molecule has 17 heavy (non-hydrogen) atoms. The van der Waals surface area contributed by atoms with E-state index in [1.807, 2.05) is 36.1 Å². The zero-order chi connectivity index (χ0) is 12.3. The molecule has 1 aliphatic rings. The van der Waals surface area contributed by atoms with E-state index in [-0.39, 0.29) is 5.91 Å². The highest BCUT2D eigenvalue weighted by molar-refractivity contribution is 9.09. The van der Waals surface area contributed by atoms with Crippen LogP contribution in [0.2, 0.25) is 0 Å². The molecule has 1 fully saturated rings. The molecule has 0 N–H and O–H groups in total. The molecule has 1 amide bonds. The SMILES string of the molecule is Cc1ccc(C(=O)N2CCC(CBr)CC2)cc1. The molecule has 1 saturated heterocycles. The Morgan fingerprint density at radius 1 is 1.29 bits per heavy atom. The normalized spacial score (nSPS) is 17.2. The topological polar surface area (TPSA) is 20.3 Å². The van der Waals surface area contributed by atoms with E-state index in [1.54, 1.807) is 0 Å². The van der Waals surface area contributed by atoms with Gasteiger partial charge in [-0.3, -0.25) is 4.79 Å². The number of halogens is 1. The number of carbonyl (C=O) groups is 1. The lowest BCUT2D eigenvalue weighted by atomic mass is 9.98. The second-order valence-corrected chi connectivity index (χ2v) is 5.40. The molecule has 1 aromatic carbocycles. The first kappa shape index (κ1) is 12.6. The predicted molar refractivity (Wildman–Crippen MR) is 73.6 cm³/mol. The molecule has 0 spiro atoms. The van der Waals surface area contributed by atoms with Crippen molar-refractivity contribution in [3.63, 3.8) is 0 Å². The fourth-order valence-corrected chi connectivity index (χ4v) is 2.82. The lowest BCUT2D eigenvalue weighted by Crippen LogP contribution is -2.38.